The van der Waals surface area contributed by atoms with E-state index in [-0.39, 0.29) is 5.57 Å². The summed E-state index contributed by atoms with van der Waals surface area (Å²) in [6, 6.07) is 7.81. The van der Waals surface area contributed by atoms with E-state index in [0.717, 1.165) is 0 Å². The van der Waals surface area contributed by atoms with Gasteiger partial charge < -0.3 is 28.8 Å². The first-order valence-corrected chi connectivity index (χ1v) is 9.74. The number of nitrogens with zero attached hydrogens (tertiary/aromatic N) is 2. The third kappa shape index (κ3) is 4.64. The molecule has 0 fully saturated rings. The highest BCUT2D eigenvalue weighted by molar-refractivity contribution is 6.14. The maximum atomic E-state index is 13.0. The maximum Gasteiger partial charge on any atom is 0.290 e. The van der Waals surface area contributed by atoms with E-state index >= 15 is 0 Å². The van der Waals surface area contributed by atoms with Gasteiger partial charge in [-0.15, -0.1) is 0 Å². The summed E-state index contributed by atoms with van der Waals surface area (Å²) in [7, 11) is 6.81. The number of amides is 1. The summed E-state index contributed by atoms with van der Waals surface area (Å²) in [5.74, 6) is -0.137. The van der Waals surface area contributed by atoms with E-state index in [4.69, 9.17) is 13.9 Å². The van der Waals surface area contributed by atoms with Crippen molar-refractivity contribution in [3.05, 3.63) is 65.3 Å². The van der Waals surface area contributed by atoms with Crippen molar-refractivity contribution >= 4 is 17.8 Å². The molecule has 1 aromatic heterocycles. The second kappa shape index (κ2) is 9.53. The van der Waals surface area contributed by atoms with Crippen LogP contribution in [0, 0.1) is 0 Å². The van der Waals surface area contributed by atoms with Gasteiger partial charge in [0.25, 0.3) is 5.91 Å². The average molecular weight is 426 g/mol. The Kier molecular flexibility index (Phi) is 6.81. The highest BCUT2D eigenvalue weighted by Gasteiger charge is 2.43. The van der Waals surface area contributed by atoms with Crippen molar-refractivity contribution in [3.63, 3.8) is 0 Å². The van der Waals surface area contributed by atoms with Gasteiger partial charge in [0.2, 0.25) is 0 Å². The van der Waals surface area contributed by atoms with Crippen molar-refractivity contribution in [3.8, 4) is 11.5 Å². The van der Waals surface area contributed by atoms with Gasteiger partial charge >= 0.3 is 0 Å². The average Bonchev–Trinajstić information content (AvgIpc) is 3.37. The fraction of sp³-hybridized carbons (Fsp3) is 0.304. The smallest absolute Gasteiger partial charge is 0.290 e. The Bertz CT molecular complexity index is 1010. The fourth-order valence-electron chi connectivity index (χ4n) is 3.45. The number of furan rings is 1. The Morgan fingerprint density at radius 2 is 1.97 bits per heavy atom. The molecule has 1 unspecified atom stereocenters. The first kappa shape index (κ1) is 22.2. The zero-order valence-electron chi connectivity index (χ0n) is 18.0. The molecule has 2 aromatic rings. The summed E-state index contributed by atoms with van der Waals surface area (Å²) in [5, 5.41) is 10.6. The second-order valence-corrected chi connectivity index (χ2v) is 7.29. The van der Waals surface area contributed by atoms with Gasteiger partial charge in [0.1, 0.15) is 5.76 Å². The monoisotopic (exact) mass is 426 g/mol. The summed E-state index contributed by atoms with van der Waals surface area (Å²) < 4.78 is 15.9. The molecule has 0 bridgehead atoms. The van der Waals surface area contributed by atoms with Gasteiger partial charge in [-0.2, -0.15) is 0 Å². The number of benzene rings is 1. The summed E-state index contributed by atoms with van der Waals surface area (Å²) in [6.07, 6.45) is 4.29. The highest BCUT2D eigenvalue weighted by atomic mass is 16.5. The molecule has 8 heteroatoms. The lowest BCUT2D eigenvalue weighted by Crippen LogP contribution is -2.36. The van der Waals surface area contributed by atoms with Gasteiger partial charge in [0, 0.05) is 13.1 Å². The number of aliphatic hydroxyl groups excluding tert-OH is 1. The summed E-state index contributed by atoms with van der Waals surface area (Å²) >= 11 is 0. The Balaban J connectivity index is 2.03. The molecule has 31 heavy (non-hydrogen) atoms. The highest BCUT2D eigenvalue weighted by Crippen LogP contribution is 2.40. The van der Waals surface area contributed by atoms with Crippen molar-refractivity contribution in [2.75, 3.05) is 41.4 Å². The Morgan fingerprint density at radius 3 is 2.58 bits per heavy atom. The van der Waals surface area contributed by atoms with E-state index in [9.17, 15) is 14.7 Å². The maximum absolute atomic E-state index is 13.0. The van der Waals surface area contributed by atoms with Crippen molar-refractivity contribution in [2.45, 2.75) is 6.04 Å². The number of likely N-dealkylation sites (N-methyl/N-ethyl adjacent to an activating group) is 1. The molecule has 1 N–H and O–H groups in total. The zero-order chi connectivity index (χ0) is 22.5. The van der Waals surface area contributed by atoms with E-state index in [2.05, 4.69) is 0 Å². The van der Waals surface area contributed by atoms with Crippen LogP contribution in [-0.4, -0.2) is 68.0 Å². The Hall–Kier alpha value is -3.52. The van der Waals surface area contributed by atoms with Crippen LogP contribution in [0.25, 0.3) is 6.08 Å². The number of hydrogen-bond donors (Lipinski definition) is 1. The van der Waals surface area contributed by atoms with Crippen LogP contribution >= 0.6 is 0 Å². The van der Waals surface area contributed by atoms with E-state index < -0.39 is 23.5 Å². The topological polar surface area (TPSA) is 92.5 Å². The summed E-state index contributed by atoms with van der Waals surface area (Å²) in [4.78, 5) is 29.3. The predicted molar refractivity (Wildman–Crippen MR) is 115 cm³/mol. The van der Waals surface area contributed by atoms with Crippen LogP contribution in [0.15, 0.2) is 58.4 Å². The van der Waals surface area contributed by atoms with E-state index in [1.165, 1.54) is 37.5 Å². The van der Waals surface area contributed by atoms with Gasteiger partial charge in [-0.3, -0.25) is 9.59 Å². The molecule has 0 radical (unpaired) electrons. The largest absolute Gasteiger partial charge is 0.503 e. The van der Waals surface area contributed by atoms with Crippen molar-refractivity contribution in [1.29, 1.82) is 0 Å². The van der Waals surface area contributed by atoms with Gasteiger partial charge in [0.15, 0.2) is 23.0 Å². The molecule has 1 atom stereocenters. The first-order valence-electron chi connectivity index (χ1n) is 9.74. The molecular formula is C23H26N2O6. The second-order valence-electron chi connectivity index (χ2n) is 7.29. The number of allylic oxidation sites excluding steroid dienone is 1. The van der Waals surface area contributed by atoms with Crippen molar-refractivity contribution in [2.24, 2.45) is 0 Å². The van der Waals surface area contributed by atoms with Crippen molar-refractivity contribution in [1.82, 2.24) is 9.80 Å². The lowest BCUT2D eigenvalue weighted by atomic mass is 9.95. The minimum absolute atomic E-state index is 0.0128. The van der Waals surface area contributed by atoms with Crippen LogP contribution < -0.4 is 9.47 Å². The fourth-order valence-corrected chi connectivity index (χ4v) is 3.45. The predicted octanol–water partition coefficient (Wildman–Crippen LogP) is 2.84. The van der Waals surface area contributed by atoms with Gasteiger partial charge in [-0.05, 0) is 56.1 Å². The molecule has 8 nitrogen and oxygen atoms in total. The van der Waals surface area contributed by atoms with Gasteiger partial charge in [0.05, 0.1) is 32.1 Å². The molecule has 0 saturated carbocycles. The summed E-state index contributed by atoms with van der Waals surface area (Å²) in [5.41, 5.74) is 0.641. The standard InChI is InChI=1S/C23H26N2O6/c1-24(2)11-12-25-21(15-7-10-18(29-3)19(14-15)30-4)20(22(27)23(25)28)17(26)9-8-16-6-5-13-31-16/h5-10,13-14,21,27H,11-12H2,1-4H3. The number of ketones is 1. The number of carbonyl (C=O) groups excluding carboxylic acids is 2. The molecule has 1 aliphatic heterocycles. The molecule has 0 aliphatic carbocycles. The number of ether oxygens (including phenoxy) is 2. The molecule has 164 valence electrons. The summed E-state index contributed by atoms with van der Waals surface area (Å²) in [6.45, 7) is 0.889. The van der Waals surface area contributed by atoms with Gasteiger partial charge in [-0.25, -0.2) is 0 Å². The lowest BCUT2D eigenvalue weighted by molar-refractivity contribution is -0.129. The number of carbonyl (C=O) groups is 2. The quantitative estimate of drug-likeness (QED) is 0.617. The molecule has 1 aliphatic rings. The number of methoxy groups -OCH3 is 2. The molecule has 3 rings (SSSR count). The molecular weight excluding hydrogens is 400 g/mol. The first-order chi connectivity index (χ1) is 14.9. The molecule has 0 spiro atoms. The molecule has 1 amide bonds. The van der Waals surface area contributed by atoms with Crippen LogP contribution in [0.2, 0.25) is 0 Å². The Labute approximate surface area is 181 Å². The van der Waals surface area contributed by atoms with Crippen LogP contribution in [0.4, 0.5) is 0 Å². The third-order valence-electron chi connectivity index (χ3n) is 5.02. The van der Waals surface area contributed by atoms with E-state index in [0.29, 0.717) is 35.9 Å². The number of rotatable bonds is 9. The zero-order valence-corrected chi connectivity index (χ0v) is 18.0. The minimum atomic E-state index is -0.763. The van der Waals surface area contributed by atoms with Gasteiger partial charge in [-0.1, -0.05) is 6.07 Å². The normalized spacial score (nSPS) is 16.6. The third-order valence-corrected chi connectivity index (χ3v) is 5.02. The van der Waals surface area contributed by atoms with E-state index in [1.807, 2.05) is 19.0 Å². The van der Waals surface area contributed by atoms with Crippen LogP contribution in [0.1, 0.15) is 17.4 Å². The van der Waals surface area contributed by atoms with Crippen molar-refractivity contribution < 1.29 is 28.6 Å². The Morgan fingerprint density at radius 1 is 1.23 bits per heavy atom. The van der Waals surface area contributed by atoms with Crippen LogP contribution in [-0.2, 0) is 9.59 Å². The number of aliphatic hydroxyl groups is 1. The minimum Gasteiger partial charge on any atom is -0.503 e. The van der Waals surface area contributed by atoms with Crippen LogP contribution in [0.5, 0.6) is 11.5 Å². The number of hydrogen-bond acceptors (Lipinski definition) is 7. The molecule has 0 saturated heterocycles. The lowest BCUT2D eigenvalue weighted by Gasteiger charge is -2.28. The van der Waals surface area contributed by atoms with Crippen LogP contribution in [0.3, 0.4) is 0 Å². The van der Waals surface area contributed by atoms with E-state index in [1.54, 1.807) is 30.3 Å². The molecule has 1 aromatic carbocycles. The molecule has 2 heterocycles. The SMILES string of the molecule is COc1ccc(C2C(C(=O)C=Cc3ccco3)=C(O)C(=O)N2CCN(C)C)cc1OC.